The molecule has 0 aromatic heterocycles. The van der Waals surface area contributed by atoms with E-state index in [-0.39, 0.29) is 12.2 Å². The van der Waals surface area contributed by atoms with Crippen molar-refractivity contribution >= 4 is 36.7 Å². The molecule has 2 aromatic rings. The Labute approximate surface area is 139 Å². The van der Waals surface area contributed by atoms with Crippen LogP contribution in [-0.2, 0) is 14.8 Å². The molecule has 2 atom stereocenters. The molecule has 6 heteroatoms. The molecule has 0 spiro atoms. The van der Waals surface area contributed by atoms with Crippen LogP contribution in [-0.4, -0.2) is 38.0 Å². The van der Waals surface area contributed by atoms with Gasteiger partial charge in [-0.2, -0.15) is 4.31 Å². The van der Waals surface area contributed by atoms with Crippen LogP contribution in [0.2, 0.25) is 0 Å². The predicted octanol–water partition coefficient (Wildman–Crippen LogP) is 3.40. The molecule has 0 bridgehead atoms. The summed E-state index contributed by atoms with van der Waals surface area (Å²) in [4.78, 5) is 0.354. The Bertz CT molecular complexity index is 796. The summed E-state index contributed by atoms with van der Waals surface area (Å²) in [7, 11) is -3.54. The van der Waals surface area contributed by atoms with Gasteiger partial charge in [-0.25, -0.2) is 8.42 Å². The third kappa shape index (κ3) is 2.80. The third-order valence-corrected chi connectivity index (χ3v) is 6.42. The molecule has 0 radical (unpaired) electrons. The summed E-state index contributed by atoms with van der Waals surface area (Å²) < 4.78 is 34.2. The van der Waals surface area contributed by atoms with Crippen LogP contribution in [0.15, 0.2) is 45.8 Å². The maximum Gasteiger partial charge on any atom is 0.243 e. The number of hydrogen-bond donors (Lipinski definition) is 0. The molecule has 2 aromatic carbocycles. The van der Waals surface area contributed by atoms with E-state index >= 15 is 0 Å². The van der Waals surface area contributed by atoms with Gasteiger partial charge in [-0.3, -0.25) is 0 Å². The van der Waals surface area contributed by atoms with Crippen LogP contribution in [0.1, 0.15) is 13.8 Å². The van der Waals surface area contributed by atoms with E-state index in [9.17, 15) is 8.42 Å². The third-order valence-electron chi connectivity index (χ3n) is 3.83. The molecule has 3 rings (SSSR count). The molecule has 2 unspecified atom stereocenters. The maximum atomic E-state index is 13.1. The van der Waals surface area contributed by atoms with Crippen molar-refractivity contribution in [1.82, 2.24) is 4.31 Å². The molecule has 4 nitrogen and oxygen atoms in total. The Balaban J connectivity index is 2.12. The molecule has 0 saturated carbocycles. The highest BCUT2D eigenvalue weighted by Crippen LogP contribution is 2.32. The summed E-state index contributed by atoms with van der Waals surface area (Å²) in [6.07, 6.45) is -0.194. The molecular weight excluding hydrogens is 366 g/mol. The minimum atomic E-state index is -3.54. The monoisotopic (exact) mass is 383 g/mol. The number of morpholine rings is 1. The van der Waals surface area contributed by atoms with Gasteiger partial charge in [0, 0.05) is 22.9 Å². The molecule has 1 saturated heterocycles. The van der Waals surface area contributed by atoms with Crippen molar-refractivity contribution in [1.29, 1.82) is 0 Å². The second-order valence-electron chi connectivity index (χ2n) is 5.67. The first kappa shape index (κ1) is 15.9. The van der Waals surface area contributed by atoms with E-state index in [1.807, 2.05) is 38.1 Å². The summed E-state index contributed by atoms with van der Waals surface area (Å²) in [5.74, 6) is 0. The van der Waals surface area contributed by atoms with E-state index in [0.717, 1.165) is 15.2 Å². The summed E-state index contributed by atoms with van der Waals surface area (Å²) in [5, 5.41) is 1.64. The number of rotatable bonds is 2. The average molecular weight is 384 g/mol. The molecule has 1 aliphatic rings. The van der Waals surface area contributed by atoms with Gasteiger partial charge in [0.05, 0.1) is 17.1 Å². The van der Waals surface area contributed by atoms with Crippen LogP contribution in [0.3, 0.4) is 0 Å². The molecule has 0 aliphatic carbocycles. The van der Waals surface area contributed by atoms with Crippen LogP contribution in [0.5, 0.6) is 0 Å². The van der Waals surface area contributed by atoms with Crippen LogP contribution in [0.4, 0.5) is 0 Å². The minimum Gasteiger partial charge on any atom is -0.373 e. The Hall–Kier alpha value is -0.950. The van der Waals surface area contributed by atoms with E-state index < -0.39 is 10.0 Å². The fourth-order valence-electron chi connectivity index (χ4n) is 2.93. The van der Waals surface area contributed by atoms with Crippen molar-refractivity contribution in [2.75, 3.05) is 13.1 Å². The normalized spacial score (nSPS) is 23.8. The van der Waals surface area contributed by atoms with Gasteiger partial charge >= 0.3 is 0 Å². The number of ether oxygens (including phenoxy) is 1. The number of benzene rings is 2. The van der Waals surface area contributed by atoms with Gasteiger partial charge in [0.2, 0.25) is 10.0 Å². The zero-order valence-corrected chi connectivity index (χ0v) is 14.9. The molecule has 0 amide bonds. The second-order valence-corrected chi connectivity index (χ2v) is 8.43. The smallest absolute Gasteiger partial charge is 0.243 e. The van der Waals surface area contributed by atoms with Crippen molar-refractivity contribution in [2.45, 2.75) is 31.0 Å². The van der Waals surface area contributed by atoms with Crippen molar-refractivity contribution in [3.05, 3.63) is 40.9 Å². The summed E-state index contributed by atoms with van der Waals surface area (Å²) in [6.45, 7) is 4.57. The lowest BCUT2D eigenvalue weighted by Gasteiger charge is -2.34. The standard InChI is InChI=1S/C16H18BrNO3S/c1-11-9-18(10-12(2)21-11)22(19,20)16-8-7-15(17)13-5-3-4-6-14(13)16/h3-8,11-12H,9-10H2,1-2H3. The lowest BCUT2D eigenvalue weighted by molar-refractivity contribution is -0.0440. The van der Waals surface area contributed by atoms with Crippen LogP contribution in [0.25, 0.3) is 10.8 Å². The highest BCUT2D eigenvalue weighted by molar-refractivity contribution is 9.10. The first-order valence-electron chi connectivity index (χ1n) is 7.22. The molecule has 1 heterocycles. The van der Waals surface area contributed by atoms with Crippen LogP contribution >= 0.6 is 15.9 Å². The van der Waals surface area contributed by atoms with Gasteiger partial charge in [0.1, 0.15) is 0 Å². The van der Waals surface area contributed by atoms with Gasteiger partial charge in [0.25, 0.3) is 0 Å². The van der Waals surface area contributed by atoms with E-state index in [1.54, 1.807) is 12.1 Å². The SMILES string of the molecule is CC1CN(S(=O)(=O)c2ccc(Br)c3ccccc23)CC(C)O1. The first-order chi connectivity index (χ1) is 10.4. The topological polar surface area (TPSA) is 46.6 Å². The quantitative estimate of drug-likeness (QED) is 0.798. The molecular formula is C16H18BrNO3S. The van der Waals surface area contributed by atoms with E-state index in [0.29, 0.717) is 18.0 Å². The lowest BCUT2D eigenvalue weighted by atomic mass is 10.1. The van der Waals surface area contributed by atoms with Gasteiger partial charge in [-0.05, 0) is 31.4 Å². The highest BCUT2D eigenvalue weighted by atomic mass is 79.9. The zero-order valence-electron chi connectivity index (χ0n) is 12.5. The van der Waals surface area contributed by atoms with Crippen molar-refractivity contribution in [3.63, 3.8) is 0 Å². The first-order valence-corrected chi connectivity index (χ1v) is 9.46. The highest BCUT2D eigenvalue weighted by Gasteiger charge is 2.33. The number of nitrogens with zero attached hydrogens (tertiary/aromatic N) is 1. The van der Waals surface area contributed by atoms with Gasteiger partial charge < -0.3 is 4.74 Å². The van der Waals surface area contributed by atoms with E-state index in [4.69, 9.17) is 4.74 Å². The summed E-state index contributed by atoms with van der Waals surface area (Å²) >= 11 is 3.48. The van der Waals surface area contributed by atoms with Crippen LogP contribution < -0.4 is 0 Å². The Morgan fingerprint density at radius 1 is 1.05 bits per heavy atom. The Morgan fingerprint density at radius 3 is 2.27 bits per heavy atom. The molecule has 0 N–H and O–H groups in total. The number of sulfonamides is 1. The van der Waals surface area contributed by atoms with Gasteiger partial charge in [-0.15, -0.1) is 0 Å². The van der Waals surface area contributed by atoms with Crippen molar-refractivity contribution < 1.29 is 13.2 Å². The summed E-state index contributed by atoms with van der Waals surface area (Å²) in [5.41, 5.74) is 0. The fourth-order valence-corrected chi connectivity index (χ4v) is 5.19. The van der Waals surface area contributed by atoms with E-state index in [1.165, 1.54) is 4.31 Å². The fraction of sp³-hybridized carbons (Fsp3) is 0.375. The number of hydrogen-bond acceptors (Lipinski definition) is 3. The van der Waals surface area contributed by atoms with E-state index in [2.05, 4.69) is 15.9 Å². The van der Waals surface area contributed by atoms with Gasteiger partial charge in [-0.1, -0.05) is 40.2 Å². The molecule has 22 heavy (non-hydrogen) atoms. The molecule has 1 fully saturated rings. The Morgan fingerprint density at radius 2 is 1.64 bits per heavy atom. The van der Waals surface area contributed by atoms with Crippen molar-refractivity contribution in [2.24, 2.45) is 0 Å². The lowest BCUT2D eigenvalue weighted by Crippen LogP contribution is -2.48. The van der Waals surface area contributed by atoms with Crippen LogP contribution in [0, 0.1) is 0 Å². The maximum absolute atomic E-state index is 13.1. The zero-order chi connectivity index (χ0) is 15.9. The largest absolute Gasteiger partial charge is 0.373 e. The predicted molar refractivity (Wildman–Crippen MR) is 90.4 cm³/mol. The number of halogens is 1. The van der Waals surface area contributed by atoms with Gasteiger partial charge in [0.15, 0.2) is 0 Å². The number of fused-ring (bicyclic) bond motifs is 1. The Kier molecular flexibility index (Phi) is 4.29. The molecule has 118 valence electrons. The average Bonchev–Trinajstić information content (AvgIpc) is 2.46. The summed E-state index contributed by atoms with van der Waals surface area (Å²) in [6, 6.07) is 11.0. The molecule has 1 aliphatic heterocycles. The second kappa shape index (κ2) is 5.92. The van der Waals surface area contributed by atoms with Crippen molar-refractivity contribution in [3.8, 4) is 0 Å². The minimum absolute atomic E-state index is 0.0970.